The van der Waals surface area contributed by atoms with Gasteiger partial charge in [-0.2, -0.15) is 5.10 Å². The van der Waals surface area contributed by atoms with E-state index in [1.807, 2.05) is 0 Å². The van der Waals surface area contributed by atoms with Crippen LogP contribution in [-0.2, 0) is 30.7 Å². The number of rotatable bonds is 5. The molecule has 21 heavy (non-hydrogen) atoms. The van der Waals surface area contributed by atoms with Gasteiger partial charge >= 0.3 is 5.97 Å². The van der Waals surface area contributed by atoms with Crippen LogP contribution in [0, 0.1) is 5.92 Å². The third-order valence-corrected chi connectivity index (χ3v) is 5.07. The van der Waals surface area contributed by atoms with Gasteiger partial charge in [0.2, 0.25) is 5.91 Å². The number of hydrogen-bond acceptors (Lipinski definition) is 6. The number of sulfone groups is 1. The van der Waals surface area contributed by atoms with E-state index < -0.39 is 15.8 Å². The SMILES string of the molecule is COC(=O)Cn1cc(NC(=O)CC2CCS(=O)(=O)C2)cn1. The van der Waals surface area contributed by atoms with Gasteiger partial charge in [-0.3, -0.25) is 14.3 Å². The van der Waals surface area contributed by atoms with Crippen molar-refractivity contribution >= 4 is 27.4 Å². The molecule has 2 rings (SSSR count). The molecule has 1 amide bonds. The summed E-state index contributed by atoms with van der Waals surface area (Å²) in [4.78, 5) is 22.9. The van der Waals surface area contributed by atoms with E-state index in [0.29, 0.717) is 12.1 Å². The second-order valence-electron chi connectivity index (χ2n) is 5.02. The van der Waals surface area contributed by atoms with Crippen molar-refractivity contribution in [3.8, 4) is 0 Å². The molecular formula is C12H17N3O5S. The van der Waals surface area contributed by atoms with Crippen LogP contribution in [0.2, 0.25) is 0 Å². The van der Waals surface area contributed by atoms with Crippen molar-refractivity contribution in [2.75, 3.05) is 23.9 Å². The Bertz CT molecular complexity index is 637. The summed E-state index contributed by atoms with van der Waals surface area (Å²) in [6.07, 6.45) is 3.63. The molecule has 1 aliphatic rings. The summed E-state index contributed by atoms with van der Waals surface area (Å²) in [5.74, 6) is -0.591. The normalized spacial score (nSPS) is 20.1. The Balaban J connectivity index is 1.84. The Hall–Kier alpha value is -1.90. The molecule has 9 heteroatoms. The molecule has 0 spiro atoms. The largest absolute Gasteiger partial charge is 0.468 e. The molecule has 0 aliphatic carbocycles. The highest BCUT2D eigenvalue weighted by Gasteiger charge is 2.29. The van der Waals surface area contributed by atoms with Gasteiger partial charge in [0.05, 0.1) is 30.5 Å². The zero-order chi connectivity index (χ0) is 15.5. The van der Waals surface area contributed by atoms with Gasteiger partial charge in [-0.1, -0.05) is 0 Å². The highest BCUT2D eigenvalue weighted by atomic mass is 32.2. The van der Waals surface area contributed by atoms with E-state index in [1.165, 1.54) is 24.2 Å². The van der Waals surface area contributed by atoms with Crippen LogP contribution in [0.3, 0.4) is 0 Å². The Morgan fingerprint density at radius 3 is 2.90 bits per heavy atom. The summed E-state index contributed by atoms with van der Waals surface area (Å²) >= 11 is 0. The summed E-state index contributed by atoms with van der Waals surface area (Å²) in [5.41, 5.74) is 0.463. The van der Waals surface area contributed by atoms with E-state index >= 15 is 0 Å². The zero-order valence-corrected chi connectivity index (χ0v) is 12.4. The first-order chi connectivity index (χ1) is 9.88. The highest BCUT2D eigenvalue weighted by Crippen LogP contribution is 2.22. The molecule has 0 saturated carbocycles. The number of amides is 1. The van der Waals surface area contributed by atoms with Crippen LogP contribution in [0.1, 0.15) is 12.8 Å². The molecule has 1 N–H and O–H groups in total. The second kappa shape index (κ2) is 6.25. The number of aromatic nitrogens is 2. The summed E-state index contributed by atoms with van der Waals surface area (Å²) in [6.45, 7) is -0.0345. The van der Waals surface area contributed by atoms with Crippen LogP contribution in [0.4, 0.5) is 5.69 Å². The van der Waals surface area contributed by atoms with Gasteiger partial charge in [0.1, 0.15) is 6.54 Å². The van der Waals surface area contributed by atoms with Gasteiger partial charge in [0.15, 0.2) is 9.84 Å². The average Bonchev–Trinajstić information content (AvgIpc) is 2.96. The van der Waals surface area contributed by atoms with Crippen LogP contribution >= 0.6 is 0 Å². The topological polar surface area (TPSA) is 107 Å². The minimum absolute atomic E-state index is 0.0345. The third kappa shape index (κ3) is 4.55. The molecule has 2 heterocycles. The molecule has 0 bridgehead atoms. The number of ether oxygens (including phenoxy) is 1. The predicted molar refractivity (Wildman–Crippen MR) is 74.3 cm³/mol. The first-order valence-corrected chi connectivity index (χ1v) is 8.29. The Morgan fingerprint density at radius 2 is 2.29 bits per heavy atom. The monoisotopic (exact) mass is 315 g/mol. The summed E-state index contributed by atoms with van der Waals surface area (Å²) in [7, 11) is -1.69. The lowest BCUT2D eigenvalue weighted by molar-refractivity contribution is -0.141. The van der Waals surface area contributed by atoms with Crippen molar-refractivity contribution < 1.29 is 22.7 Å². The molecule has 8 nitrogen and oxygen atoms in total. The summed E-state index contributed by atoms with van der Waals surface area (Å²) in [6, 6.07) is 0. The van der Waals surface area contributed by atoms with Gasteiger partial charge in [-0.25, -0.2) is 8.42 Å². The molecule has 1 saturated heterocycles. The zero-order valence-electron chi connectivity index (χ0n) is 11.6. The fourth-order valence-corrected chi connectivity index (χ4v) is 4.08. The third-order valence-electron chi connectivity index (χ3n) is 3.24. The molecule has 1 unspecified atom stereocenters. The summed E-state index contributed by atoms with van der Waals surface area (Å²) < 4.78 is 28.5. The van der Waals surface area contributed by atoms with E-state index in [1.54, 1.807) is 0 Å². The molecule has 0 radical (unpaired) electrons. The molecule has 1 atom stereocenters. The fourth-order valence-electron chi connectivity index (χ4n) is 2.22. The molecule has 0 aromatic carbocycles. The summed E-state index contributed by atoms with van der Waals surface area (Å²) in [5, 5.41) is 6.56. The standard InChI is InChI=1S/C12H17N3O5S/c1-20-12(17)7-15-6-10(5-13-15)14-11(16)4-9-2-3-21(18,19)8-9/h5-6,9H,2-4,7-8H2,1H3,(H,14,16). The maximum absolute atomic E-state index is 11.8. The first kappa shape index (κ1) is 15.5. The van der Waals surface area contributed by atoms with Gasteiger partial charge in [-0.05, 0) is 12.3 Å². The van der Waals surface area contributed by atoms with Crippen molar-refractivity contribution in [3.05, 3.63) is 12.4 Å². The van der Waals surface area contributed by atoms with E-state index in [2.05, 4.69) is 15.2 Å². The van der Waals surface area contributed by atoms with Crippen molar-refractivity contribution in [3.63, 3.8) is 0 Å². The van der Waals surface area contributed by atoms with E-state index in [-0.39, 0.29) is 36.3 Å². The van der Waals surface area contributed by atoms with Crippen molar-refractivity contribution in [2.45, 2.75) is 19.4 Å². The lowest BCUT2D eigenvalue weighted by Gasteiger charge is -2.06. The second-order valence-corrected chi connectivity index (χ2v) is 7.25. The maximum Gasteiger partial charge on any atom is 0.327 e. The number of hydrogen-bond donors (Lipinski definition) is 1. The minimum Gasteiger partial charge on any atom is -0.468 e. The maximum atomic E-state index is 11.8. The first-order valence-electron chi connectivity index (χ1n) is 6.47. The van der Waals surface area contributed by atoms with Gasteiger partial charge in [0.25, 0.3) is 0 Å². The van der Waals surface area contributed by atoms with Gasteiger partial charge in [0, 0.05) is 12.6 Å². The van der Waals surface area contributed by atoms with Crippen molar-refractivity contribution in [2.24, 2.45) is 5.92 Å². The Labute approximate surface area is 122 Å². The minimum atomic E-state index is -2.97. The lowest BCUT2D eigenvalue weighted by atomic mass is 10.1. The molecule has 116 valence electrons. The van der Waals surface area contributed by atoms with E-state index in [4.69, 9.17) is 0 Å². The van der Waals surface area contributed by atoms with Crippen LogP contribution in [0.25, 0.3) is 0 Å². The smallest absolute Gasteiger partial charge is 0.327 e. The van der Waals surface area contributed by atoms with E-state index in [0.717, 1.165) is 0 Å². The van der Waals surface area contributed by atoms with Crippen LogP contribution in [0.5, 0.6) is 0 Å². The number of carbonyl (C=O) groups is 2. The number of anilines is 1. The Kier molecular flexibility index (Phi) is 4.61. The van der Waals surface area contributed by atoms with Crippen LogP contribution in [-0.4, -0.2) is 48.7 Å². The number of nitrogens with one attached hydrogen (secondary N) is 1. The van der Waals surface area contributed by atoms with Crippen molar-refractivity contribution in [1.29, 1.82) is 0 Å². The number of carbonyl (C=O) groups excluding carboxylic acids is 2. The van der Waals surface area contributed by atoms with Crippen molar-refractivity contribution in [1.82, 2.24) is 9.78 Å². The van der Waals surface area contributed by atoms with E-state index in [9.17, 15) is 18.0 Å². The average molecular weight is 315 g/mol. The molecule has 1 aliphatic heterocycles. The number of nitrogens with zero attached hydrogens (tertiary/aromatic N) is 2. The molecule has 1 fully saturated rings. The van der Waals surface area contributed by atoms with Crippen LogP contribution < -0.4 is 5.32 Å². The molecule has 1 aromatic rings. The number of methoxy groups -OCH3 is 1. The predicted octanol–water partition coefficient (Wildman–Crippen LogP) is -0.181. The molecule has 1 aromatic heterocycles. The highest BCUT2D eigenvalue weighted by molar-refractivity contribution is 7.91. The van der Waals surface area contributed by atoms with Gasteiger partial charge in [-0.15, -0.1) is 0 Å². The van der Waals surface area contributed by atoms with Crippen LogP contribution in [0.15, 0.2) is 12.4 Å². The number of esters is 1. The fraction of sp³-hybridized carbons (Fsp3) is 0.583. The van der Waals surface area contributed by atoms with Gasteiger partial charge < -0.3 is 10.1 Å². The quantitative estimate of drug-likeness (QED) is 0.755. The molecular weight excluding hydrogens is 298 g/mol. The Morgan fingerprint density at radius 1 is 1.52 bits per heavy atom. The lowest BCUT2D eigenvalue weighted by Crippen LogP contribution is -2.17.